The largest absolute Gasteiger partial charge is 0.497 e. The topological polar surface area (TPSA) is 32.8 Å². The third-order valence-electron chi connectivity index (χ3n) is 5.27. The molecule has 4 nitrogen and oxygen atoms in total. The number of nitrogens with zero attached hydrogens (tertiary/aromatic N) is 2. The van der Waals surface area contributed by atoms with Gasteiger partial charge in [0.15, 0.2) is 0 Å². The molecule has 29 heavy (non-hydrogen) atoms. The van der Waals surface area contributed by atoms with Crippen LogP contribution in [0.1, 0.15) is 31.9 Å². The molecule has 1 atom stereocenters. The van der Waals surface area contributed by atoms with Crippen LogP contribution < -0.4 is 4.74 Å². The minimum atomic E-state index is 0.0785. The van der Waals surface area contributed by atoms with Gasteiger partial charge in [0.05, 0.1) is 13.2 Å². The van der Waals surface area contributed by atoms with E-state index in [4.69, 9.17) is 4.74 Å². The van der Waals surface area contributed by atoms with Gasteiger partial charge in [0, 0.05) is 43.2 Å². The van der Waals surface area contributed by atoms with Gasteiger partial charge in [-0.1, -0.05) is 44.2 Å². The highest BCUT2D eigenvalue weighted by Crippen LogP contribution is 2.31. The molecule has 1 saturated heterocycles. The number of hydrogen-bond acceptors (Lipinski definition) is 4. The lowest BCUT2D eigenvalue weighted by atomic mass is 10.1. The molecule has 0 N–H and O–H groups in total. The highest BCUT2D eigenvalue weighted by molar-refractivity contribution is 7.99. The lowest BCUT2D eigenvalue weighted by molar-refractivity contribution is -0.132. The molecule has 0 radical (unpaired) electrons. The Labute approximate surface area is 179 Å². The first-order valence-corrected chi connectivity index (χ1v) is 11.4. The SMILES string of the molecule is COc1ccc(SC[C@@H](c2ccccc2)N2CCN(CC(C)C)CCC2=O)cc1. The van der Waals surface area contributed by atoms with E-state index in [1.54, 1.807) is 18.9 Å². The number of amides is 1. The predicted octanol–water partition coefficient (Wildman–Crippen LogP) is 4.72. The summed E-state index contributed by atoms with van der Waals surface area (Å²) >= 11 is 1.79. The van der Waals surface area contributed by atoms with Crippen molar-refractivity contribution in [3.63, 3.8) is 0 Å². The maximum absolute atomic E-state index is 13.0. The van der Waals surface area contributed by atoms with Gasteiger partial charge in [-0.25, -0.2) is 0 Å². The van der Waals surface area contributed by atoms with Crippen molar-refractivity contribution in [2.45, 2.75) is 31.2 Å². The van der Waals surface area contributed by atoms with Gasteiger partial charge in [0.2, 0.25) is 5.91 Å². The summed E-state index contributed by atoms with van der Waals surface area (Å²) in [7, 11) is 1.68. The number of methoxy groups -OCH3 is 1. The molecule has 0 saturated carbocycles. The summed E-state index contributed by atoms with van der Waals surface area (Å²) < 4.78 is 5.26. The smallest absolute Gasteiger partial charge is 0.224 e. The van der Waals surface area contributed by atoms with Gasteiger partial charge in [-0.15, -0.1) is 11.8 Å². The van der Waals surface area contributed by atoms with E-state index in [0.717, 1.165) is 37.7 Å². The zero-order valence-corrected chi connectivity index (χ0v) is 18.5. The van der Waals surface area contributed by atoms with Crippen molar-refractivity contribution in [2.24, 2.45) is 5.92 Å². The number of hydrogen-bond donors (Lipinski definition) is 0. The zero-order chi connectivity index (χ0) is 20.6. The van der Waals surface area contributed by atoms with E-state index in [1.807, 2.05) is 18.2 Å². The molecule has 1 fully saturated rings. The minimum Gasteiger partial charge on any atom is -0.497 e. The molecule has 0 aliphatic carbocycles. The molecule has 3 rings (SSSR count). The van der Waals surface area contributed by atoms with Crippen LogP contribution in [-0.2, 0) is 4.79 Å². The normalized spacial score (nSPS) is 16.7. The standard InChI is InChI=1S/C24H32N2O2S/c1-19(2)17-25-14-13-24(27)26(16-15-25)23(20-7-5-4-6-8-20)18-29-22-11-9-21(28-3)10-12-22/h4-12,19,23H,13-18H2,1-3H3/t23-/m0/s1. The van der Waals surface area contributed by atoms with Crippen LogP contribution in [0.5, 0.6) is 5.75 Å². The maximum Gasteiger partial charge on any atom is 0.224 e. The van der Waals surface area contributed by atoms with Gasteiger partial charge < -0.3 is 14.5 Å². The Morgan fingerprint density at radius 3 is 2.38 bits per heavy atom. The summed E-state index contributed by atoms with van der Waals surface area (Å²) in [5, 5.41) is 0. The van der Waals surface area contributed by atoms with Crippen LogP contribution in [0.4, 0.5) is 0 Å². The lowest BCUT2D eigenvalue weighted by Crippen LogP contribution is -2.38. The number of benzene rings is 2. The van der Waals surface area contributed by atoms with Crippen LogP contribution in [0.2, 0.25) is 0 Å². The first-order valence-electron chi connectivity index (χ1n) is 10.4. The summed E-state index contributed by atoms with van der Waals surface area (Å²) in [4.78, 5) is 18.8. The third-order valence-corrected chi connectivity index (χ3v) is 6.36. The van der Waals surface area contributed by atoms with Gasteiger partial charge >= 0.3 is 0 Å². The summed E-state index contributed by atoms with van der Waals surface area (Å²) in [6.07, 6.45) is 0.600. The number of ether oxygens (including phenoxy) is 1. The van der Waals surface area contributed by atoms with E-state index >= 15 is 0 Å². The molecular formula is C24H32N2O2S. The fourth-order valence-corrected chi connectivity index (χ4v) is 4.85. The van der Waals surface area contributed by atoms with E-state index in [9.17, 15) is 4.79 Å². The van der Waals surface area contributed by atoms with Crippen LogP contribution in [0, 0.1) is 5.92 Å². The van der Waals surface area contributed by atoms with Crippen LogP contribution >= 0.6 is 11.8 Å². The monoisotopic (exact) mass is 412 g/mol. The van der Waals surface area contributed by atoms with Crippen molar-refractivity contribution in [1.82, 2.24) is 9.80 Å². The molecule has 5 heteroatoms. The lowest BCUT2D eigenvalue weighted by Gasteiger charge is -2.31. The first kappa shape index (κ1) is 21.7. The summed E-state index contributed by atoms with van der Waals surface area (Å²) in [5.41, 5.74) is 1.21. The van der Waals surface area contributed by atoms with Crippen LogP contribution in [-0.4, -0.2) is 54.7 Å². The van der Waals surface area contributed by atoms with Gasteiger partial charge in [-0.2, -0.15) is 0 Å². The molecule has 156 valence electrons. The Morgan fingerprint density at radius 2 is 1.72 bits per heavy atom. The zero-order valence-electron chi connectivity index (χ0n) is 17.7. The van der Waals surface area contributed by atoms with Gasteiger partial charge in [0.1, 0.15) is 5.75 Å². The Morgan fingerprint density at radius 1 is 1.00 bits per heavy atom. The van der Waals surface area contributed by atoms with Crippen molar-refractivity contribution in [2.75, 3.05) is 39.0 Å². The molecule has 0 spiro atoms. The Kier molecular flexibility index (Phi) is 8.01. The molecule has 1 heterocycles. The number of rotatable bonds is 8. The second-order valence-corrected chi connectivity index (χ2v) is 9.04. The van der Waals surface area contributed by atoms with Crippen molar-refractivity contribution >= 4 is 17.7 Å². The molecular weight excluding hydrogens is 380 g/mol. The Bertz CT molecular complexity index is 764. The van der Waals surface area contributed by atoms with Crippen molar-refractivity contribution in [3.05, 3.63) is 60.2 Å². The molecule has 1 aliphatic heterocycles. The Hall–Kier alpha value is -1.98. The number of thioether (sulfide) groups is 1. The van der Waals surface area contributed by atoms with Gasteiger partial charge in [-0.05, 0) is 35.7 Å². The van der Waals surface area contributed by atoms with E-state index in [2.05, 4.69) is 60.0 Å². The van der Waals surface area contributed by atoms with Crippen LogP contribution in [0.25, 0.3) is 0 Å². The van der Waals surface area contributed by atoms with Gasteiger partial charge in [0.25, 0.3) is 0 Å². The fourth-order valence-electron chi connectivity index (χ4n) is 3.80. The van der Waals surface area contributed by atoms with Crippen molar-refractivity contribution < 1.29 is 9.53 Å². The molecule has 1 amide bonds. The first-order chi connectivity index (χ1) is 14.1. The number of carbonyl (C=O) groups is 1. The number of carbonyl (C=O) groups excluding carboxylic acids is 1. The minimum absolute atomic E-state index is 0.0785. The second-order valence-electron chi connectivity index (χ2n) is 7.94. The average Bonchev–Trinajstić information content (AvgIpc) is 2.91. The van der Waals surface area contributed by atoms with E-state index in [1.165, 1.54) is 10.5 Å². The molecule has 2 aromatic carbocycles. The van der Waals surface area contributed by atoms with Crippen molar-refractivity contribution in [3.8, 4) is 5.75 Å². The highest BCUT2D eigenvalue weighted by atomic mass is 32.2. The van der Waals surface area contributed by atoms with E-state index < -0.39 is 0 Å². The van der Waals surface area contributed by atoms with Crippen molar-refractivity contribution in [1.29, 1.82) is 0 Å². The predicted molar refractivity (Wildman–Crippen MR) is 121 cm³/mol. The second kappa shape index (κ2) is 10.7. The quantitative estimate of drug-likeness (QED) is 0.588. The fraction of sp³-hybridized carbons (Fsp3) is 0.458. The van der Waals surface area contributed by atoms with E-state index in [-0.39, 0.29) is 11.9 Å². The molecule has 1 aliphatic rings. The van der Waals surface area contributed by atoms with E-state index in [0.29, 0.717) is 12.3 Å². The highest BCUT2D eigenvalue weighted by Gasteiger charge is 2.28. The summed E-state index contributed by atoms with van der Waals surface area (Å²) in [5.74, 6) is 2.58. The Balaban J connectivity index is 1.75. The third kappa shape index (κ3) is 6.25. The molecule has 2 aromatic rings. The molecule has 0 unspecified atom stereocenters. The average molecular weight is 413 g/mol. The molecule has 0 aromatic heterocycles. The van der Waals surface area contributed by atoms with Gasteiger partial charge in [-0.3, -0.25) is 4.79 Å². The van der Waals surface area contributed by atoms with Crippen LogP contribution in [0.3, 0.4) is 0 Å². The maximum atomic E-state index is 13.0. The summed E-state index contributed by atoms with van der Waals surface area (Å²) in [6, 6.07) is 18.7. The molecule has 0 bridgehead atoms. The van der Waals surface area contributed by atoms with Crippen LogP contribution in [0.15, 0.2) is 59.5 Å². The summed E-state index contributed by atoms with van der Waals surface area (Å²) in [6.45, 7) is 8.12.